The number of ether oxygens (including phenoxy) is 1. The monoisotopic (exact) mass is 399 g/mol. The second-order valence-electron chi connectivity index (χ2n) is 7.85. The van der Waals surface area contributed by atoms with Gasteiger partial charge in [-0.1, -0.05) is 26.8 Å². The molecule has 3 rings (SSSR count). The van der Waals surface area contributed by atoms with Gasteiger partial charge in [-0.2, -0.15) is 0 Å². The van der Waals surface area contributed by atoms with Crippen LogP contribution in [0.4, 0.5) is 5.69 Å². The van der Waals surface area contributed by atoms with Gasteiger partial charge in [-0.25, -0.2) is 4.98 Å². The Kier molecular flexibility index (Phi) is 5.30. The van der Waals surface area contributed by atoms with Crippen LogP contribution in [0.2, 0.25) is 0 Å². The number of benzene rings is 1. The second-order valence-corrected chi connectivity index (χ2v) is 9.06. The van der Waals surface area contributed by atoms with E-state index in [-0.39, 0.29) is 23.4 Å². The first-order chi connectivity index (χ1) is 13.1. The Bertz CT molecular complexity index is 1110. The number of hydrogen-bond donors (Lipinski definition) is 1. The highest BCUT2D eigenvalue weighted by atomic mass is 32.1. The lowest BCUT2D eigenvalue weighted by molar-refractivity contribution is -0.116. The van der Waals surface area contributed by atoms with Gasteiger partial charge in [-0.05, 0) is 42.5 Å². The third kappa shape index (κ3) is 3.80. The van der Waals surface area contributed by atoms with E-state index in [4.69, 9.17) is 4.74 Å². The number of nitrogens with one attached hydrogen (secondary N) is 1. The van der Waals surface area contributed by atoms with Crippen molar-refractivity contribution >= 4 is 33.1 Å². The zero-order valence-corrected chi connectivity index (χ0v) is 17.9. The molecule has 0 fully saturated rings. The van der Waals surface area contributed by atoms with Crippen LogP contribution < -0.4 is 15.6 Å². The summed E-state index contributed by atoms with van der Waals surface area (Å²) in [7, 11) is 1.56. The Morgan fingerprint density at radius 1 is 1.29 bits per heavy atom. The Hall–Kier alpha value is -2.67. The van der Waals surface area contributed by atoms with Crippen molar-refractivity contribution in [3.05, 3.63) is 50.9 Å². The van der Waals surface area contributed by atoms with Gasteiger partial charge in [-0.15, -0.1) is 11.3 Å². The molecule has 0 spiro atoms. The largest absolute Gasteiger partial charge is 0.495 e. The molecule has 1 N–H and O–H groups in total. The van der Waals surface area contributed by atoms with Gasteiger partial charge in [0.05, 0.1) is 24.5 Å². The number of methoxy groups -OCH3 is 1. The number of carbonyl (C=O) groups excluding carboxylic acids is 1. The summed E-state index contributed by atoms with van der Waals surface area (Å²) in [6.07, 6.45) is 1.43. The summed E-state index contributed by atoms with van der Waals surface area (Å²) in [5.74, 6) is 0.267. The lowest BCUT2D eigenvalue weighted by atomic mass is 9.87. The first-order valence-electron chi connectivity index (χ1n) is 9.05. The average molecular weight is 400 g/mol. The second kappa shape index (κ2) is 7.39. The van der Waals surface area contributed by atoms with Crippen LogP contribution in [0.1, 0.15) is 36.8 Å². The van der Waals surface area contributed by atoms with Crippen molar-refractivity contribution in [1.29, 1.82) is 0 Å². The summed E-state index contributed by atoms with van der Waals surface area (Å²) in [4.78, 5) is 31.5. The number of aryl methyl sites for hydroxylation is 2. The minimum absolute atomic E-state index is 0.0635. The number of anilines is 1. The molecule has 0 aliphatic heterocycles. The lowest BCUT2D eigenvalue weighted by Crippen LogP contribution is -2.28. The number of nitrogens with zero attached hydrogens (tertiary/aromatic N) is 2. The standard InChI is InChI=1S/C21H25N3O3S/c1-12-13(2)28-19-18(12)20(26)24(11-22-19)10-17(25)23-15-9-14(21(3,4)5)7-8-16(15)27-6/h7-9,11H,10H2,1-6H3,(H,23,25). The van der Waals surface area contributed by atoms with Crippen LogP contribution in [0, 0.1) is 13.8 Å². The fraction of sp³-hybridized carbons (Fsp3) is 0.381. The number of rotatable bonds is 4. The Labute approximate surface area is 168 Å². The molecule has 0 aliphatic carbocycles. The molecule has 0 atom stereocenters. The zero-order valence-electron chi connectivity index (χ0n) is 17.0. The smallest absolute Gasteiger partial charge is 0.262 e. The molecule has 0 radical (unpaired) electrons. The number of thiophene rings is 1. The maximum atomic E-state index is 12.8. The van der Waals surface area contributed by atoms with Crippen LogP contribution in [0.5, 0.6) is 5.75 Å². The molecule has 2 heterocycles. The van der Waals surface area contributed by atoms with Crippen molar-refractivity contribution in [1.82, 2.24) is 9.55 Å². The molecule has 2 aromatic heterocycles. The van der Waals surface area contributed by atoms with Gasteiger partial charge in [0.2, 0.25) is 5.91 Å². The van der Waals surface area contributed by atoms with Crippen molar-refractivity contribution in [2.75, 3.05) is 12.4 Å². The molecule has 1 aromatic carbocycles. The van der Waals surface area contributed by atoms with E-state index in [1.54, 1.807) is 7.11 Å². The predicted molar refractivity (Wildman–Crippen MR) is 114 cm³/mol. The maximum Gasteiger partial charge on any atom is 0.262 e. The van der Waals surface area contributed by atoms with E-state index in [0.717, 1.165) is 16.0 Å². The summed E-state index contributed by atoms with van der Waals surface area (Å²) < 4.78 is 6.71. The van der Waals surface area contributed by atoms with Crippen LogP contribution in [-0.4, -0.2) is 22.6 Å². The summed E-state index contributed by atoms with van der Waals surface area (Å²) in [5.41, 5.74) is 2.33. The van der Waals surface area contributed by atoms with Crippen LogP contribution in [-0.2, 0) is 16.8 Å². The van der Waals surface area contributed by atoms with Crippen molar-refractivity contribution < 1.29 is 9.53 Å². The van der Waals surface area contributed by atoms with Crippen LogP contribution in [0.25, 0.3) is 10.2 Å². The number of aromatic nitrogens is 2. The fourth-order valence-corrected chi connectivity index (χ4v) is 3.99. The molecule has 0 unspecified atom stereocenters. The number of carbonyl (C=O) groups is 1. The van der Waals surface area contributed by atoms with Crippen molar-refractivity contribution in [3.8, 4) is 5.75 Å². The fourth-order valence-electron chi connectivity index (χ4n) is 3.00. The van der Waals surface area contributed by atoms with Gasteiger partial charge < -0.3 is 10.1 Å². The minimum Gasteiger partial charge on any atom is -0.495 e. The molecule has 3 aromatic rings. The SMILES string of the molecule is COc1ccc(C(C)(C)C)cc1NC(=O)Cn1cnc2sc(C)c(C)c2c1=O. The Balaban J connectivity index is 1.89. The van der Waals surface area contributed by atoms with Gasteiger partial charge in [0.25, 0.3) is 5.56 Å². The summed E-state index contributed by atoms with van der Waals surface area (Å²) in [6, 6.07) is 5.74. The van der Waals surface area contributed by atoms with E-state index in [1.165, 1.54) is 22.2 Å². The predicted octanol–water partition coefficient (Wildman–Crippen LogP) is 4.02. The normalized spacial score (nSPS) is 11.6. The molecular formula is C21H25N3O3S. The Morgan fingerprint density at radius 2 is 2.00 bits per heavy atom. The van der Waals surface area contributed by atoms with Gasteiger partial charge in [0.1, 0.15) is 17.1 Å². The molecule has 7 heteroatoms. The number of fused-ring (bicyclic) bond motifs is 1. The molecular weight excluding hydrogens is 374 g/mol. The minimum atomic E-state index is -0.308. The third-order valence-electron chi connectivity index (χ3n) is 4.81. The van der Waals surface area contributed by atoms with Crippen LogP contribution in [0.3, 0.4) is 0 Å². The zero-order chi connectivity index (χ0) is 20.6. The van der Waals surface area contributed by atoms with Crippen molar-refractivity contribution in [3.63, 3.8) is 0 Å². The lowest BCUT2D eigenvalue weighted by Gasteiger charge is -2.21. The number of amides is 1. The summed E-state index contributed by atoms with van der Waals surface area (Å²) in [5, 5.41) is 3.46. The highest BCUT2D eigenvalue weighted by molar-refractivity contribution is 7.18. The number of hydrogen-bond acceptors (Lipinski definition) is 5. The third-order valence-corrected chi connectivity index (χ3v) is 5.92. The van der Waals surface area contributed by atoms with Crippen molar-refractivity contribution in [2.45, 2.75) is 46.6 Å². The topological polar surface area (TPSA) is 73.2 Å². The molecule has 6 nitrogen and oxygen atoms in total. The van der Waals surface area contributed by atoms with E-state index >= 15 is 0 Å². The van der Waals surface area contributed by atoms with E-state index in [2.05, 4.69) is 31.1 Å². The molecule has 148 valence electrons. The van der Waals surface area contributed by atoms with Crippen LogP contribution in [0.15, 0.2) is 29.3 Å². The van der Waals surface area contributed by atoms with Gasteiger partial charge in [-0.3, -0.25) is 14.2 Å². The van der Waals surface area contributed by atoms with Crippen molar-refractivity contribution in [2.24, 2.45) is 0 Å². The molecule has 0 saturated heterocycles. The average Bonchev–Trinajstić information content (AvgIpc) is 2.91. The van der Waals surface area contributed by atoms with E-state index in [9.17, 15) is 9.59 Å². The highest BCUT2D eigenvalue weighted by Gasteiger charge is 2.18. The van der Waals surface area contributed by atoms with E-state index in [1.807, 2.05) is 32.0 Å². The van der Waals surface area contributed by atoms with Crippen LogP contribution >= 0.6 is 11.3 Å². The first-order valence-corrected chi connectivity index (χ1v) is 9.87. The molecule has 0 aliphatic rings. The van der Waals surface area contributed by atoms with Gasteiger partial charge in [0.15, 0.2) is 0 Å². The van der Waals surface area contributed by atoms with E-state index < -0.39 is 0 Å². The van der Waals surface area contributed by atoms with Gasteiger partial charge >= 0.3 is 0 Å². The van der Waals surface area contributed by atoms with E-state index in [0.29, 0.717) is 21.7 Å². The molecule has 28 heavy (non-hydrogen) atoms. The first kappa shape index (κ1) is 20.1. The maximum absolute atomic E-state index is 12.8. The summed E-state index contributed by atoms with van der Waals surface area (Å²) >= 11 is 1.49. The highest BCUT2D eigenvalue weighted by Crippen LogP contribution is 2.31. The summed E-state index contributed by atoms with van der Waals surface area (Å²) in [6.45, 7) is 10.1. The molecule has 0 bridgehead atoms. The van der Waals surface area contributed by atoms with Gasteiger partial charge in [0, 0.05) is 4.88 Å². The quantitative estimate of drug-likeness (QED) is 0.719. The Morgan fingerprint density at radius 3 is 2.64 bits per heavy atom. The molecule has 0 saturated carbocycles. The molecule has 1 amide bonds.